The number of pyridine rings is 1. The summed E-state index contributed by atoms with van der Waals surface area (Å²) in [5.74, 6) is -2.14. The Morgan fingerprint density at radius 2 is 1.76 bits per heavy atom. The van der Waals surface area contributed by atoms with E-state index in [0.29, 0.717) is 11.0 Å². The van der Waals surface area contributed by atoms with E-state index < -0.39 is 66.1 Å². The molecule has 3 aromatic heterocycles. The molecule has 1 amide bonds. The fourth-order valence-electron chi connectivity index (χ4n) is 2.49. The van der Waals surface area contributed by atoms with E-state index >= 15 is 0 Å². The molecule has 9 nitrogen and oxygen atoms in total. The van der Waals surface area contributed by atoms with Gasteiger partial charge in [0.1, 0.15) is 11.4 Å². The highest BCUT2D eigenvalue weighted by atomic mass is 32.2. The first-order chi connectivity index (χ1) is 15.6. The van der Waals surface area contributed by atoms with E-state index in [2.05, 4.69) is 25.1 Å². The van der Waals surface area contributed by atoms with Gasteiger partial charge in [0.05, 0.1) is 10.6 Å². The highest BCUT2D eigenvalue weighted by Gasteiger charge is 2.37. The maximum atomic E-state index is 13.0. The predicted molar refractivity (Wildman–Crippen MR) is 106 cm³/mol. The molecule has 0 aliphatic rings. The maximum absolute atomic E-state index is 13.0. The Morgan fingerprint density at radius 1 is 1.09 bits per heavy atom. The average molecular weight is 526 g/mol. The van der Waals surface area contributed by atoms with Gasteiger partial charge in [-0.3, -0.25) is 9.69 Å². The van der Waals surface area contributed by atoms with Crippen LogP contribution in [-0.2, 0) is 22.2 Å². The molecule has 3 rings (SSSR count). The lowest BCUT2D eigenvalue weighted by Crippen LogP contribution is -2.29. The van der Waals surface area contributed by atoms with Crippen molar-refractivity contribution in [2.24, 2.45) is 0 Å². The van der Waals surface area contributed by atoms with Crippen LogP contribution in [0.15, 0.2) is 29.4 Å². The van der Waals surface area contributed by atoms with E-state index in [0.717, 1.165) is 25.5 Å². The Bertz CT molecular complexity index is 1340. The molecule has 3 aromatic rings. The Kier molecular flexibility index (Phi) is 6.62. The van der Waals surface area contributed by atoms with Crippen LogP contribution in [0.5, 0.6) is 0 Å². The molecule has 0 saturated heterocycles. The molecule has 34 heavy (non-hydrogen) atoms. The zero-order valence-corrected chi connectivity index (χ0v) is 18.6. The number of alkyl halides is 6. The fraction of sp³-hybridized carbons (Fsp3) is 0.294. The topological polar surface area (TPSA) is 119 Å². The number of amides is 1. The van der Waals surface area contributed by atoms with Gasteiger partial charge in [-0.2, -0.15) is 26.3 Å². The van der Waals surface area contributed by atoms with Crippen LogP contribution in [0.25, 0.3) is 11.4 Å². The molecule has 0 bridgehead atoms. The standard InChI is InChI=1S/C17H12F6N6O3S2/c1-3-34(31,32)9-6-8(12-24-5-4-10(26-12)16(18,19)20)7-25-11(9)13(30)29(2)15-28-27-14(33-15)17(21,22)23/h4-7H,3H2,1-2H3. The molecule has 0 radical (unpaired) electrons. The lowest BCUT2D eigenvalue weighted by atomic mass is 10.2. The molecule has 0 spiro atoms. The van der Waals surface area contributed by atoms with Crippen LogP contribution in [0, 0.1) is 0 Å². The highest BCUT2D eigenvalue weighted by Crippen LogP contribution is 2.35. The van der Waals surface area contributed by atoms with E-state index in [-0.39, 0.29) is 16.9 Å². The van der Waals surface area contributed by atoms with Crippen molar-refractivity contribution in [1.82, 2.24) is 25.1 Å². The Balaban J connectivity index is 2.08. The molecular weight excluding hydrogens is 514 g/mol. The highest BCUT2D eigenvalue weighted by molar-refractivity contribution is 7.91. The van der Waals surface area contributed by atoms with Crippen LogP contribution >= 0.6 is 11.3 Å². The van der Waals surface area contributed by atoms with Gasteiger partial charge in [0.15, 0.2) is 15.7 Å². The minimum absolute atomic E-state index is 0.0480. The third kappa shape index (κ3) is 5.14. The summed E-state index contributed by atoms with van der Waals surface area (Å²) in [5, 5.41) is 4.44. The molecule has 3 heterocycles. The Morgan fingerprint density at radius 3 is 2.32 bits per heavy atom. The SMILES string of the molecule is CCS(=O)(=O)c1cc(-c2nccc(C(F)(F)F)n2)cnc1C(=O)N(C)c1nnc(C(F)(F)F)s1. The number of carbonyl (C=O) groups is 1. The number of aromatic nitrogens is 5. The molecule has 0 N–H and O–H groups in total. The molecule has 0 atom stereocenters. The first kappa shape index (κ1) is 25.4. The van der Waals surface area contributed by atoms with Gasteiger partial charge in [-0.05, 0) is 12.1 Å². The van der Waals surface area contributed by atoms with Crippen LogP contribution in [0.2, 0.25) is 0 Å². The van der Waals surface area contributed by atoms with Gasteiger partial charge in [-0.1, -0.05) is 18.3 Å². The number of carbonyl (C=O) groups excluding carboxylic acids is 1. The van der Waals surface area contributed by atoms with Crippen molar-refractivity contribution in [2.45, 2.75) is 24.2 Å². The number of rotatable bonds is 5. The largest absolute Gasteiger partial charge is 0.445 e. The summed E-state index contributed by atoms with van der Waals surface area (Å²) in [6, 6.07) is 1.49. The summed E-state index contributed by atoms with van der Waals surface area (Å²) in [6.07, 6.45) is -7.90. The Hall–Kier alpha value is -3.21. The summed E-state index contributed by atoms with van der Waals surface area (Å²) in [4.78, 5) is 23.7. The second-order valence-corrected chi connectivity index (χ2v) is 9.69. The summed E-state index contributed by atoms with van der Waals surface area (Å²) < 4.78 is 103. The van der Waals surface area contributed by atoms with Crippen molar-refractivity contribution >= 4 is 32.2 Å². The van der Waals surface area contributed by atoms with E-state index in [4.69, 9.17) is 0 Å². The van der Waals surface area contributed by atoms with E-state index in [1.807, 2.05) is 0 Å². The summed E-state index contributed by atoms with van der Waals surface area (Å²) in [6.45, 7) is 1.25. The summed E-state index contributed by atoms with van der Waals surface area (Å²) >= 11 is 0.0480. The number of anilines is 1. The minimum Gasteiger partial charge on any atom is -0.284 e. The van der Waals surface area contributed by atoms with Gasteiger partial charge in [0.25, 0.3) is 5.91 Å². The van der Waals surface area contributed by atoms with Crippen molar-refractivity contribution in [1.29, 1.82) is 0 Å². The molecule has 182 valence electrons. The lowest BCUT2D eigenvalue weighted by Gasteiger charge is -2.16. The van der Waals surface area contributed by atoms with E-state index in [1.165, 1.54) is 6.92 Å². The van der Waals surface area contributed by atoms with E-state index in [1.54, 1.807) is 0 Å². The van der Waals surface area contributed by atoms with Crippen molar-refractivity contribution in [2.75, 3.05) is 17.7 Å². The van der Waals surface area contributed by atoms with Crippen LogP contribution in [0.1, 0.15) is 28.1 Å². The molecular formula is C17H12F6N6O3S2. The molecule has 0 saturated carbocycles. The van der Waals surface area contributed by atoms with Gasteiger partial charge in [0.2, 0.25) is 10.1 Å². The van der Waals surface area contributed by atoms with Crippen LogP contribution in [0.4, 0.5) is 31.5 Å². The molecule has 0 fully saturated rings. The minimum atomic E-state index is -4.80. The average Bonchev–Trinajstić information content (AvgIpc) is 3.28. The molecule has 0 aromatic carbocycles. The van der Waals surface area contributed by atoms with Gasteiger partial charge in [-0.15, -0.1) is 10.2 Å². The Labute approximate surface area is 191 Å². The number of sulfone groups is 1. The van der Waals surface area contributed by atoms with Crippen LogP contribution < -0.4 is 4.90 Å². The summed E-state index contributed by atoms with van der Waals surface area (Å²) in [5.41, 5.74) is -2.19. The fourth-order valence-corrected chi connectivity index (χ4v) is 4.21. The zero-order valence-electron chi connectivity index (χ0n) is 17.0. The molecule has 0 aliphatic heterocycles. The first-order valence-corrected chi connectivity index (χ1v) is 11.4. The summed E-state index contributed by atoms with van der Waals surface area (Å²) in [7, 11) is -3.14. The third-order valence-corrected chi connectivity index (χ3v) is 7.01. The lowest BCUT2D eigenvalue weighted by molar-refractivity contribution is -0.141. The molecule has 0 unspecified atom stereocenters. The molecule has 17 heteroatoms. The second kappa shape index (κ2) is 8.86. The van der Waals surface area contributed by atoms with Crippen LogP contribution in [-0.4, -0.2) is 52.3 Å². The normalized spacial score (nSPS) is 12.6. The van der Waals surface area contributed by atoms with Crippen LogP contribution in [0.3, 0.4) is 0 Å². The van der Waals surface area contributed by atoms with Gasteiger partial charge in [-0.25, -0.2) is 23.4 Å². The zero-order chi connectivity index (χ0) is 25.5. The number of hydrogen-bond acceptors (Lipinski definition) is 9. The third-order valence-electron chi connectivity index (χ3n) is 4.22. The monoisotopic (exact) mass is 526 g/mol. The smallest absolute Gasteiger partial charge is 0.284 e. The second-order valence-electron chi connectivity index (χ2n) is 6.49. The van der Waals surface area contributed by atoms with E-state index in [9.17, 15) is 39.6 Å². The molecule has 0 aliphatic carbocycles. The number of hydrogen-bond donors (Lipinski definition) is 0. The van der Waals surface area contributed by atoms with Crippen molar-refractivity contribution in [3.63, 3.8) is 0 Å². The van der Waals surface area contributed by atoms with Crippen molar-refractivity contribution in [3.05, 3.63) is 40.9 Å². The van der Waals surface area contributed by atoms with Gasteiger partial charge in [0, 0.05) is 25.0 Å². The van der Waals surface area contributed by atoms with Gasteiger partial charge >= 0.3 is 12.4 Å². The van der Waals surface area contributed by atoms with Crippen molar-refractivity contribution < 1.29 is 39.6 Å². The number of nitrogens with zero attached hydrogens (tertiary/aromatic N) is 6. The first-order valence-electron chi connectivity index (χ1n) is 8.97. The van der Waals surface area contributed by atoms with Crippen molar-refractivity contribution in [3.8, 4) is 11.4 Å². The maximum Gasteiger partial charge on any atom is 0.445 e. The quantitative estimate of drug-likeness (QED) is 0.464. The van der Waals surface area contributed by atoms with Gasteiger partial charge < -0.3 is 0 Å². The number of halogens is 6. The predicted octanol–water partition coefficient (Wildman–Crippen LogP) is 3.50.